The Hall–Kier alpha value is -4.36. The van der Waals surface area contributed by atoms with Crippen molar-refractivity contribution in [2.45, 2.75) is 5.75 Å². The van der Waals surface area contributed by atoms with Crippen LogP contribution >= 0.6 is 7.92 Å². The van der Waals surface area contributed by atoms with Gasteiger partial charge in [-0.15, -0.1) is 0 Å². The average Bonchev–Trinajstić information content (AvgIpc) is 3.04. The molecule has 7 nitrogen and oxygen atoms in total. The number of methoxy groups -OCH3 is 4. The van der Waals surface area contributed by atoms with Crippen molar-refractivity contribution >= 4 is 34.0 Å². The third-order valence-electron chi connectivity index (χ3n) is 7.25. The molecule has 0 aromatic heterocycles. The Morgan fingerprint density at radius 3 is 1.27 bits per heavy atom. The molecule has 0 bridgehead atoms. The summed E-state index contributed by atoms with van der Waals surface area (Å²) in [6, 6.07) is 34.6. The molecule has 0 aliphatic rings. The van der Waals surface area contributed by atoms with Crippen molar-refractivity contribution < 1.29 is 31.9 Å². The molecule has 226 valence electrons. The van der Waals surface area contributed by atoms with Crippen LogP contribution in [0.2, 0.25) is 0 Å². The molecule has 5 aromatic rings. The van der Waals surface area contributed by atoms with Crippen molar-refractivity contribution in [1.82, 2.24) is 0 Å². The van der Waals surface area contributed by atoms with Crippen molar-refractivity contribution in [3.63, 3.8) is 0 Å². The third-order valence-corrected chi connectivity index (χ3v) is 10.6. The highest BCUT2D eigenvalue weighted by Crippen LogP contribution is 2.47. The fraction of sp³-hybridized carbons (Fsp3) is 0.143. The summed E-state index contributed by atoms with van der Waals surface area (Å²) in [4.78, 5) is 0. The van der Waals surface area contributed by atoms with E-state index in [4.69, 9.17) is 18.9 Å². The first-order valence-electron chi connectivity index (χ1n) is 13.7. The molecule has 0 amide bonds. The molecule has 0 saturated heterocycles. The zero-order chi connectivity index (χ0) is 31.3. The summed E-state index contributed by atoms with van der Waals surface area (Å²) in [6.07, 6.45) is 0. The molecule has 0 aliphatic heterocycles. The summed E-state index contributed by atoms with van der Waals surface area (Å²) in [7, 11) is 0.667. The second kappa shape index (κ2) is 13.5. The second-order valence-electron chi connectivity index (χ2n) is 9.80. The Kier molecular flexibility index (Phi) is 9.55. The van der Waals surface area contributed by atoms with Crippen LogP contribution < -0.4 is 34.9 Å². The van der Waals surface area contributed by atoms with Crippen molar-refractivity contribution in [2.75, 3.05) is 28.4 Å². The van der Waals surface area contributed by atoms with Crippen LogP contribution in [0.5, 0.6) is 23.0 Å². The number of benzene rings is 5. The van der Waals surface area contributed by atoms with Crippen LogP contribution in [0.1, 0.15) is 5.56 Å². The normalized spacial score (nSPS) is 11.3. The van der Waals surface area contributed by atoms with E-state index >= 15 is 0 Å². The highest BCUT2D eigenvalue weighted by atomic mass is 32.2. The Morgan fingerprint density at radius 1 is 0.523 bits per heavy atom. The Labute approximate surface area is 259 Å². The maximum atomic E-state index is 12.3. The minimum Gasteiger partial charge on any atom is -0.496 e. The summed E-state index contributed by atoms with van der Waals surface area (Å²) in [5.41, 5.74) is 3.80. The number of ether oxygens (including phenoxy) is 4. The van der Waals surface area contributed by atoms with Gasteiger partial charge in [-0.1, -0.05) is 84.9 Å². The second-order valence-corrected chi connectivity index (χ2v) is 13.4. The van der Waals surface area contributed by atoms with Gasteiger partial charge in [-0.25, -0.2) is 0 Å². The van der Waals surface area contributed by atoms with Crippen LogP contribution in [0.4, 0.5) is 0 Å². The Morgan fingerprint density at radius 2 is 0.886 bits per heavy atom. The van der Waals surface area contributed by atoms with E-state index in [2.05, 4.69) is 0 Å². The fourth-order valence-corrected chi connectivity index (χ4v) is 8.96. The quantitative estimate of drug-likeness (QED) is 0.138. The first kappa shape index (κ1) is 31.1. The van der Waals surface area contributed by atoms with Crippen molar-refractivity contribution in [1.29, 1.82) is 0 Å². The third kappa shape index (κ3) is 6.29. The van der Waals surface area contributed by atoms with Crippen LogP contribution in [0.25, 0.3) is 22.3 Å². The van der Waals surface area contributed by atoms with Crippen LogP contribution in [0.15, 0.2) is 109 Å². The van der Waals surface area contributed by atoms with Gasteiger partial charge in [-0.05, 0) is 64.8 Å². The summed E-state index contributed by atoms with van der Waals surface area (Å²) in [5, 5.41) is 2.66. The SMILES string of the molecule is COc1cccc(OC)c1-c1ccccc1P(c1ccccc1CS(=O)(=O)O)c1ccccc1-c1c(OC)cccc1OC. The first-order chi connectivity index (χ1) is 21.3. The number of hydrogen-bond acceptors (Lipinski definition) is 6. The standard InChI is InChI=1S/C35H33O7PS/c1-39-27-16-11-17-28(40-2)34(27)25-14-6-9-21-32(25)43(31-20-8-5-13-24(31)23-44(36,37)38)33-22-10-7-15-26(33)35-29(41-3)18-12-19-30(35)42-4/h5-22H,23H2,1-4H3,(H,36,37,38). The fourth-order valence-electron chi connectivity index (χ4n) is 5.43. The molecular weight excluding hydrogens is 595 g/mol. The van der Waals surface area contributed by atoms with E-state index in [-0.39, 0.29) is 0 Å². The van der Waals surface area contributed by atoms with Crippen LogP contribution in [0, 0.1) is 0 Å². The molecule has 0 saturated carbocycles. The van der Waals surface area contributed by atoms with E-state index in [1.165, 1.54) is 0 Å². The molecule has 9 heteroatoms. The maximum Gasteiger partial charge on any atom is 0.269 e. The monoisotopic (exact) mass is 628 g/mol. The lowest BCUT2D eigenvalue weighted by Gasteiger charge is -2.28. The lowest BCUT2D eigenvalue weighted by Crippen LogP contribution is -2.27. The largest absolute Gasteiger partial charge is 0.496 e. The van der Waals surface area contributed by atoms with Gasteiger partial charge in [0, 0.05) is 0 Å². The van der Waals surface area contributed by atoms with Gasteiger partial charge < -0.3 is 18.9 Å². The number of rotatable bonds is 11. The van der Waals surface area contributed by atoms with Crippen molar-refractivity contribution in [3.05, 3.63) is 115 Å². The topological polar surface area (TPSA) is 91.3 Å². The minimum atomic E-state index is -4.33. The summed E-state index contributed by atoms with van der Waals surface area (Å²) in [6.45, 7) is 0. The Balaban J connectivity index is 1.91. The molecular formula is C35H33O7PS. The summed E-state index contributed by atoms with van der Waals surface area (Å²) in [5.74, 6) is 2.02. The molecule has 5 rings (SSSR count). The van der Waals surface area contributed by atoms with Gasteiger partial charge in [0.15, 0.2) is 0 Å². The maximum absolute atomic E-state index is 12.3. The van der Waals surface area contributed by atoms with Crippen LogP contribution in [0.3, 0.4) is 0 Å². The highest BCUT2D eigenvalue weighted by molar-refractivity contribution is 7.85. The smallest absolute Gasteiger partial charge is 0.269 e. The van der Waals surface area contributed by atoms with Gasteiger partial charge in [-0.2, -0.15) is 8.42 Å². The first-order valence-corrected chi connectivity index (χ1v) is 16.7. The molecule has 0 fully saturated rings. The van der Waals surface area contributed by atoms with E-state index in [1.807, 2.05) is 97.1 Å². The molecule has 0 radical (unpaired) electrons. The Bertz CT molecular complexity index is 1750. The highest BCUT2D eigenvalue weighted by Gasteiger charge is 2.29. The lowest BCUT2D eigenvalue weighted by atomic mass is 10.0. The zero-order valence-electron chi connectivity index (χ0n) is 24.9. The van der Waals surface area contributed by atoms with Crippen LogP contribution in [-0.4, -0.2) is 41.4 Å². The van der Waals surface area contributed by atoms with Gasteiger partial charge in [-0.3, -0.25) is 4.55 Å². The summed E-state index contributed by atoms with van der Waals surface area (Å²) >= 11 is 0. The van der Waals surface area contributed by atoms with Gasteiger partial charge in [0.25, 0.3) is 10.1 Å². The van der Waals surface area contributed by atoms with Gasteiger partial charge in [0.05, 0.1) is 39.6 Å². The summed E-state index contributed by atoms with van der Waals surface area (Å²) < 4.78 is 57.7. The van der Waals surface area contributed by atoms with E-state index in [1.54, 1.807) is 40.6 Å². The molecule has 0 unspecified atom stereocenters. The van der Waals surface area contributed by atoms with Gasteiger partial charge in [0.1, 0.15) is 28.8 Å². The van der Waals surface area contributed by atoms with E-state index in [0.717, 1.165) is 38.2 Å². The van der Waals surface area contributed by atoms with E-state index in [9.17, 15) is 13.0 Å². The molecule has 0 spiro atoms. The van der Waals surface area contributed by atoms with E-state index in [0.29, 0.717) is 28.6 Å². The molecule has 0 aliphatic carbocycles. The van der Waals surface area contributed by atoms with E-state index < -0.39 is 23.8 Å². The van der Waals surface area contributed by atoms with Gasteiger partial charge >= 0.3 is 0 Å². The predicted molar refractivity (Wildman–Crippen MR) is 177 cm³/mol. The molecule has 0 atom stereocenters. The number of hydrogen-bond donors (Lipinski definition) is 1. The molecule has 5 aromatic carbocycles. The zero-order valence-corrected chi connectivity index (χ0v) is 26.6. The van der Waals surface area contributed by atoms with Crippen molar-refractivity contribution in [2.24, 2.45) is 0 Å². The lowest BCUT2D eigenvalue weighted by molar-refractivity contribution is 0.397. The average molecular weight is 629 g/mol. The van der Waals surface area contributed by atoms with Crippen LogP contribution in [-0.2, 0) is 15.9 Å². The van der Waals surface area contributed by atoms with Gasteiger partial charge in [0.2, 0.25) is 0 Å². The van der Waals surface area contributed by atoms with Crippen molar-refractivity contribution in [3.8, 4) is 45.3 Å². The molecule has 44 heavy (non-hydrogen) atoms. The minimum absolute atomic E-state index is 0.504. The molecule has 1 N–H and O–H groups in total. The predicted octanol–water partition coefficient (Wildman–Crippen LogP) is 6.20. The molecule has 0 heterocycles.